The van der Waals surface area contributed by atoms with Crippen LogP contribution in [0, 0.1) is 6.92 Å². The van der Waals surface area contributed by atoms with E-state index in [4.69, 9.17) is 22.1 Å². The van der Waals surface area contributed by atoms with Gasteiger partial charge in [-0.25, -0.2) is 0 Å². The van der Waals surface area contributed by atoms with Gasteiger partial charge in [0.1, 0.15) is 5.75 Å². The molecule has 0 radical (unpaired) electrons. The molecule has 0 aliphatic heterocycles. The molecule has 0 aliphatic rings. The number of rotatable bonds is 3. The summed E-state index contributed by atoms with van der Waals surface area (Å²) in [5.41, 5.74) is 7.98. The molecule has 0 aliphatic carbocycles. The van der Waals surface area contributed by atoms with Crippen LogP contribution in [0.1, 0.15) is 15.9 Å². The molecule has 2 aromatic rings. The SMILES string of the molecule is COc1ccc(C)cc1NC(=O)c1c(N)cccc1Cl. The average Bonchev–Trinajstić information content (AvgIpc) is 2.38. The van der Waals surface area contributed by atoms with Gasteiger partial charge >= 0.3 is 0 Å². The van der Waals surface area contributed by atoms with Crippen molar-refractivity contribution in [3.05, 3.63) is 52.5 Å². The van der Waals surface area contributed by atoms with Crippen LogP contribution in [0.25, 0.3) is 0 Å². The highest BCUT2D eigenvalue weighted by molar-refractivity contribution is 6.35. The fourth-order valence-electron chi connectivity index (χ4n) is 1.88. The van der Waals surface area contributed by atoms with E-state index in [0.717, 1.165) is 5.56 Å². The van der Waals surface area contributed by atoms with E-state index in [1.54, 1.807) is 31.4 Å². The zero-order valence-corrected chi connectivity index (χ0v) is 12.0. The highest BCUT2D eigenvalue weighted by Gasteiger charge is 2.15. The van der Waals surface area contributed by atoms with E-state index in [1.807, 2.05) is 19.1 Å². The maximum atomic E-state index is 12.3. The number of ether oxygens (including phenoxy) is 1. The quantitative estimate of drug-likeness (QED) is 0.851. The minimum absolute atomic E-state index is 0.262. The highest BCUT2D eigenvalue weighted by atomic mass is 35.5. The Morgan fingerprint density at radius 2 is 2.05 bits per heavy atom. The van der Waals surface area contributed by atoms with E-state index < -0.39 is 0 Å². The summed E-state index contributed by atoms with van der Waals surface area (Å²) in [5.74, 6) is 0.214. The largest absolute Gasteiger partial charge is 0.495 e. The fraction of sp³-hybridized carbons (Fsp3) is 0.133. The molecule has 0 fully saturated rings. The van der Waals surface area contributed by atoms with Gasteiger partial charge in [0.25, 0.3) is 5.91 Å². The number of methoxy groups -OCH3 is 1. The lowest BCUT2D eigenvalue weighted by Crippen LogP contribution is -2.15. The third-order valence-corrected chi connectivity index (χ3v) is 3.19. The fourth-order valence-corrected chi connectivity index (χ4v) is 2.15. The molecule has 0 aromatic heterocycles. The summed E-state index contributed by atoms with van der Waals surface area (Å²) in [7, 11) is 1.55. The van der Waals surface area contributed by atoms with Crippen LogP contribution < -0.4 is 15.8 Å². The average molecular weight is 291 g/mol. The number of hydrogen-bond donors (Lipinski definition) is 2. The van der Waals surface area contributed by atoms with E-state index in [1.165, 1.54) is 0 Å². The topological polar surface area (TPSA) is 64.3 Å². The number of halogens is 1. The highest BCUT2D eigenvalue weighted by Crippen LogP contribution is 2.28. The molecular weight excluding hydrogens is 276 g/mol. The molecule has 3 N–H and O–H groups in total. The number of nitrogen functional groups attached to an aromatic ring is 1. The molecule has 0 atom stereocenters. The van der Waals surface area contributed by atoms with Gasteiger partial charge in [0, 0.05) is 5.69 Å². The number of carbonyl (C=O) groups excluding carboxylic acids is 1. The van der Waals surface area contributed by atoms with Crippen LogP contribution in [0.5, 0.6) is 5.75 Å². The second-order valence-corrected chi connectivity index (χ2v) is 4.77. The first-order chi connectivity index (χ1) is 9.52. The van der Waals surface area contributed by atoms with Gasteiger partial charge < -0.3 is 15.8 Å². The van der Waals surface area contributed by atoms with Crippen LogP contribution in [0.15, 0.2) is 36.4 Å². The summed E-state index contributed by atoms with van der Waals surface area (Å²) in [6, 6.07) is 10.5. The van der Waals surface area contributed by atoms with Gasteiger partial charge in [-0.1, -0.05) is 23.7 Å². The molecule has 4 nitrogen and oxygen atoms in total. The van der Waals surface area contributed by atoms with Crippen molar-refractivity contribution in [2.24, 2.45) is 0 Å². The molecule has 0 saturated carbocycles. The van der Waals surface area contributed by atoms with Gasteiger partial charge in [0.05, 0.1) is 23.4 Å². The molecule has 104 valence electrons. The normalized spacial score (nSPS) is 10.2. The van der Waals surface area contributed by atoms with Crippen molar-refractivity contribution in [1.29, 1.82) is 0 Å². The Hall–Kier alpha value is -2.20. The van der Waals surface area contributed by atoms with E-state index in [-0.39, 0.29) is 11.5 Å². The predicted octanol–water partition coefficient (Wildman–Crippen LogP) is 3.49. The molecule has 0 heterocycles. The first kappa shape index (κ1) is 14.2. The van der Waals surface area contributed by atoms with Crippen molar-refractivity contribution >= 4 is 28.9 Å². The van der Waals surface area contributed by atoms with Crippen LogP contribution in [0.3, 0.4) is 0 Å². The number of benzene rings is 2. The summed E-state index contributed by atoms with van der Waals surface area (Å²) >= 11 is 6.02. The minimum Gasteiger partial charge on any atom is -0.495 e. The Kier molecular flexibility index (Phi) is 4.15. The molecular formula is C15H15ClN2O2. The Morgan fingerprint density at radius 1 is 1.30 bits per heavy atom. The number of hydrogen-bond acceptors (Lipinski definition) is 3. The predicted molar refractivity (Wildman–Crippen MR) is 81.5 cm³/mol. The maximum absolute atomic E-state index is 12.3. The van der Waals surface area contributed by atoms with Crippen molar-refractivity contribution in [2.75, 3.05) is 18.2 Å². The zero-order valence-electron chi connectivity index (χ0n) is 11.2. The second kappa shape index (κ2) is 5.84. The lowest BCUT2D eigenvalue weighted by Gasteiger charge is -2.12. The molecule has 20 heavy (non-hydrogen) atoms. The molecule has 1 amide bonds. The van der Waals surface area contributed by atoms with Crippen LogP contribution in [-0.4, -0.2) is 13.0 Å². The van der Waals surface area contributed by atoms with Crippen LogP contribution in [-0.2, 0) is 0 Å². The maximum Gasteiger partial charge on any atom is 0.259 e. The first-order valence-electron chi connectivity index (χ1n) is 6.03. The monoisotopic (exact) mass is 290 g/mol. The molecule has 0 spiro atoms. The Balaban J connectivity index is 2.35. The smallest absolute Gasteiger partial charge is 0.259 e. The Morgan fingerprint density at radius 3 is 2.70 bits per heavy atom. The van der Waals surface area contributed by atoms with Crippen molar-refractivity contribution in [3.63, 3.8) is 0 Å². The van der Waals surface area contributed by atoms with Gasteiger partial charge in [-0.2, -0.15) is 0 Å². The number of anilines is 2. The standard InChI is InChI=1S/C15H15ClN2O2/c1-9-6-7-13(20-2)12(8-9)18-15(19)14-10(16)4-3-5-11(14)17/h3-8H,17H2,1-2H3,(H,18,19). The number of amides is 1. The molecule has 0 bridgehead atoms. The van der Waals surface area contributed by atoms with Crippen molar-refractivity contribution in [1.82, 2.24) is 0 Å². The third-order valence-electron chi connectivity index (χ3n) is 2.88. The van der Waals surface area contributed by atoms with Gasteiger partial charge in [0.15, 0.2) is 0 Å². The van der Waals surface area contributed by atoms with Gasteiger partial charge in [-0.3, -0.25) is 4.79 Å². The van der Waals surface area contributed by atoms with Gasteiger partial charge in [0.2, 0.25) is 0 Å². The molecule has 2 rings (SSSR count). The number of nitrogens with two attached hydrogens (primary N) is 1. The third kappa shape index (κ3) is 2.86. The lowest BCUT2D eigenvalue weighted by atomic mass is 10.1. The van der Waals surface area contributed by atoms with Crippen molar-refractivity contribution in [2.45, 2.75) is 6.92 Å². The first-order valence-corrected chi connectivity index (χ1v) is 6.40. The van der Waals surface area contributed by atoms with Crippen LogP contribution >= 0.6 is 11.6 Å². The number of carbonyl (C=O) groups is 1. The second-order valence-electron chi connectivity index (χ2n) is 4.36. The van der Waals surface area contributed by atoms with Gasteiger partial charge in [-0.05, 0) is 36.8 Å². The van der Waals surface area contributed by atoms with Crippen LogP contribution in [0.4, 0.5) is 11.4 Å². The van der Waals surface area contributed by atoms with E-state index >= 15 is 0 Å². The minimum atomic E-state index is -0.364. The van der Waals surface area contributed by atoms with Crippen molar-refractivity contribution < 1.29 is 9.53 Å². The summed E-state index contributed by atoms with van der Waals surface area (Å²) in [6.45, 7) is 1.93. The summed E-state index contributed by atoms with van der Waals surface area (Å²) in [6.07, 6.45) is 0. The zero-order chi connectivity index (χ0) is 14.7. The summed E-state index contributed by atoms with van der Waals surface area (Å²) < 4.78 is 5.22. The van der Waals surface area contributed by atoms with E-state index in [2.05, 4.69) is 5.32 Å². The number of nitrogens with one attached hydrogen (secondary N) is 1. The Bertz CT molecular complexity index is 636. The van der Waals surface area contributed by atoms with E-state index in [9.17, 15) is 4.79 Å². The van der Waals surface area contributed by atoms with Crippen LogP contribution in [0.2, 0.25) is 5.02 Å². The number of aryl methyl sites for hydroxylation is 1. The molecule has 0 unspecified atom stereocenters. The molecule has 2 aromatic carbocycles. The van der Waals surface area contributed by atoms with E-state index in [0.29, 0.717) is 22.1 Å². The molecule has 0 saturated heterocycles. The molecule has 5 heteroatoms. The lowest BCUT2D eigenvalue weighted by molar-refractivity contribution is 0.102. The van der Waals surface area contributed by atoms with Gasteiger partial charge in [-0.15, -0.1) is 0 Å². The summed E-state index contributed by atoms with van der Waals surface area (Å²) in [5, 5.41) is 3.09. The van der Waals surface area contributed by atoms with Crippen molar-refractivity contribution in [3.8, 4) is 5.75 Å². The Labute approximate surface area is 122 Å². The summed E-state index contributed by atoms with van der Waals surface area (Å²) in [4.78, 5) is 12.3.